The van der Waals surface area contributed by atoms with E-state index in [1.165, 1.54) is 18.4 Å². The number of benzene rings is 1. The summed E-state index contributed by atoms with van der Waals surface area (Å²) in [6.07, 6.45) is 6.65. The van der Waals surface area contributed by atoms with E-state index in [-0.39, 0.29) is 6.04 Å². The fourth-order valence-corrected chi connectivity index (χ4v) is 2.74. The number of nitrogens with zero attached hydrogens (tertiary/aromatic N) is 1. The summed E-state index contributed by atoms with van der Waals surface area (Å²) in [6, 6.07) is 10.4. The van der Waals surface area contributed by atoms with Gasteiger partial charge in [0.15, 0.2) is 0 Å². The second-order valence-corrected chi connectivity index (χ2v) is 5.29. The Hall–Kier alpha value is -1.45. The van der Waals surface area contributed by atoms with Crippen LogP contribution in [0.1, 0.15) is 37.3 Å². The highest BCUT2D eigenvalue weighted by molar-refractivity contribution is 5.79. The molecule has 1 aromatic heterocycles. The molecule has 3 nitrogen and oxygen atoms in total. The van der Waals surface area contributed by atoms with Gasteiger partial charge in [-0.1, -0.05) is 12.1 Å². The van der Waals surface area contributed by atoms with Crippen molar-refractivity contribution in [3.05, 3.63) is 42.1 Å². The largest absolute Gasteiger partial charge is 0.378 e. The zero-order valence-electron chi connectivity index (χ0n) is 11.1. The van der Waals surface area contributed by atoms with Crippen molar-refractivity contribution in [2.24, 2.45) is 5.73 Å². The average molecular weight is 256 g/mol. The smallest absolute Gasteiger partial charge is 0.0702 e. The molecule has 2 atom stereocenters. The van der Waals surface area contributed by atoms with Crippen LogP contribution < -0.4 is 5.73 Å². The molecule has 0 aliphatic carbocycles. The van der Waals surface area contributed by atoms with Gasteiger partial charge in [-0.3, -0.25) is 4.98 Å². The highest BCUT2D eigenvalue weighted by Crippen LogP contribution is 2.25. The van der Waals surface area contributed by atoms with E-state index in [4.69, 9.17) is 10.5 Å². The molecule has 0 amide bonds. The molecule has 0 spiro atoms. The van der Waals surface area contributed by atoms with E-state index in [9.17, 15) is 0 Å². The van der Waals surface area contributed by atoms with E-state index in [0.717, 1.165) is 30.4 Å². The third-order valence-electron chi connectivity index (χ3n) is 3.85. The van der Waals surface area contributed by atoms with E-state index in [1.54, 1.807) is 0 Å². The summed E-state index contributed by atoms with van der Waals surface area (Å²) in [5.41, 5.74) is 8.51. The van der Waals surface area contributed by atoms with Crippen LogP contribution in [0.5, 0.6) is 0 Å². The summed E-state index contributed by atoms with van der Waals surface area (Å²) in [4.78, 5) is 4.33. The predicted molar refractivity (Wildman–Crippen MR) is 76.9 cm³/mol. The number of fused-ring (bicyclic) bond motifs is 1. The van der Waals surface area contributed by atoms with Crippen LogP contribution in [-0.4, -0.2) is 17.7 Å². The van der Waals surface area contributed by atoms with Crippen molar-refractivity contribution in [1.29, 1.82) is 0 Å². The first kappa shape index (κ1) is 12.6. The van der Waals surface area contributed by atoms with Crippen molar-refractivity contribution in [3.63, 3.8) is 0 Å². The Morgan fingerprint density at radius 3 is 3.11 bits per heavy atom. The molecule has 2 unspecified atom stereocenters. The first-order valence-electron chi connectivity index (χ1n) is 7.05. The van der Waals surface area contributed by atoms with Gasteiger partial charge >= 0.3 is 0 Å². The van der Waals surface area contributed by atoms with Crippen LogP contribution in [0.4, 0.5) is 0 Å². The quantitative estimate of drug-likeness (QED) is 0.917. The third kappa shape index (κ3) is 2.94. The molecule has 3 rings (SSSR count). The van der Waals surface area contributed by atoms with Gasteiger partial charge in [0.05, 0.1) is 11.6 Å². The van der Waals surface area contributed by atoms with Gasteiger partial charge < -0.3 is 10.5 Å². The van der Waals surface area contributed by atoms with Gasteiger partial charge in [0, 0.05) is 24.2 Å². The van der Waals surface area contributed by atoms with Crippen molar-refractivity contribution in [3.8, 4) is 0 Å². The number of pyridine rings is 1. The lowest BCUT2D eigenvalue weighted by molar-refractivity contribution is 0.00730. The van der Waals surface area contributed by atoms with Crippen molar-refractivity contribution in [1.82, 2.24) is 4.98 Å². The molecule has 1 aromatic carbocycles. The lowest BCUT2D eigenvalue weighted by atomic mass is 9.96. The number of aromatic nitrogens is 1. The molecule has 3 heteroatoms. The van der Waals surface area contributed by atoms with Crippen molar-refractivity contribution >= 4 is 10.9 Å². The molecule has 0 radical (unpaired) electrons. The minimum Gasteiger partial charge on any atom is -0.378 e. The van der Waals surface area contributed by atoms with Gasteiger partial charge in [0.25, 0.3) is 0 Å². The average Bonchev–Trinajstić information content (AvgIpc) is 2.48. The van der Waals surface area contributed by atoms with Crippen LogP contribution in [0.3, 0.4) is 0 Å². The molecule has 100 valence electrons. The van der Waals surface area contributed by atoms with E-state index in [1.807, 2.05) is 18.3 Å². The highest BCUT2D eigenvalue weighted by atomic mass is 16.5. The summed E-state index contributed by atoms with van der Waals surface area (Å²) >= 11 is 0. The topological polar surface area (TPSA) is 48.1 Å². The highest BCUT2D eigenvalue weighted by Gasteiger charge is 2.18. The molecule has 2 N–H and O–H groups in total. The van der Waals surface area contributed by atoms with Crippen LogP contribution in [0.25, 0.3) is 10.9 Å². The summed E-state index contributed by atoms with van der Waals surface area (Å²) in [6.45, 7) is 0.888. The molecular weight excluding hydrogens is 236 g/mol. The molecule has 0 saturated carbocycles. The number of nitrogens with two attached hydrogens (primary N) is 1. The van der Waals surface area contributed by atoms with Crippen LogP contribution in [0.2, 0.25) is 0 Å². The van der Waals surface area contributed by atoms with Gasteiger partial charge in [0.1, 0.15) is 0 Å². The Labute approximate surface area is 113 Å². The van der Waals surface area contributed by atoms with Gasteiger partial charge in [0.2, 0.25) is 0 Å². The second kappa shape index (κ2) is 5.68. The molecule has 2 aromatic rings. The molecule has 1 aliphatic rings. The van der Waals surface area contributed by atoms with Crippen LogP contribution in [0, 0.1) is 0 Å². The van der Waals surface area contributed by atoms with Gasteiger partial charge in [-0.05, 0) is 49.4 Å². The number of hydrogen-bond acceptors (Lipinski definition) is 3. The van der Waals surface area contributed by atoms with Gasteiger partial charge in [-0.25, -0.2) is 0 Å². The van der Waals surface area contributed by atoms with E-state index >= 15 is 0 Å². The molecule has 19 heavy (non-hydrogen) atoms. The maximum atomic E-state index is 6.32. The first-order chi connectivity index (χ1) is 9.33. The lowest BCUT2D eigenvalue weighted by Gasteiger charge is -2.25. The van der Waals surface area contributed by atoms with E-state index < -0.39 is 0 Å². The maximum Gasteiger partial charge on any atom is 0.0702 e. The number of rotatable bonds is 3. The summed E-state index contributed by atoms with van der Waals surface area (Å²) in [5.74, 6) is 0. The van der Waals surface area contributed by atoms with Crippen LogP contribution in [-0.2, 0) is 4.74 Å². The van der Waals surface area contributed by atoms with Crippen molar-refractivity contribution in [2.75, 3.05) is 6.61 Å². The first-order valence-corrected chi connectivity index (χ1v) is 7.05. The van der Waals surface area contributed by atoms with Crippen molar-refractivity contribution < 1.29 is 4.74 Å². The van der Waals surface area contributed by atoms with Crippen molar-refractivity contribution in [2.45, 2.75) is 37.8 Å². The Balaban J connectivity index is 1.75. The van der Waals surface area contributed by atoms with Crippen LogP contribution in [0.15, 0.2) is 36.5 Å². The Kier molecular flexibility index (Phi) is 3.76. The van der Waals surface area contributed by atoms with E-state index in [0.29, 0.717) is 6.10 Å². The number of ether oxygens (including phenoxy) is 1. The zero-order valence-corrected chi connectivity index (χ0v) is 11.1. The molecular formula is C16H20N2O. The monoisotopic (exact) mass is 256 g/mol. The molecule has 1 fully saturated rings. The van der Waals surface area contributed by atoms with Gasteiger partial charge in [-0.2, -0.15) is 0 Å². The van der Waals surface area contributed by atoms with Gasteiger partial charge in [-0.15, -0.1) is 0 Å². The molecule has 1 aliphatic heterocycles. The maximum absolute atomic E-state index is 6.32. The molecule has 0 bridgehead atoms. The zero-order chi connectivity index (χ0) is 13.1. The Morgan fingerprint density at radius 1 is 1.32 bits per heavy atom. The molecule has 1 saturated heterocycles. The SMILES string of the molecule is NC(CC1CCCCO1)c1ccc2ncccc2c1. The summed E-state index contributed by atoms with van der Waals surface area (Å²) in [5, 5.41) is 1.15. The fourth-order valence-electron chi connectivity index (χ4n) is 2.74. The number of hydrogen-bond donors (Lipinski definition) is 1. The minimum absolute atomic E-state index is 0.0488. The molecule has 2 heterocycles. The third-order valence-corrected chi connectivity index (χ3v) is 3.85. The summed E-state index contributed by atoms with van der Waals surface area (Å²) < 4.78 is 5.77. The minimum atomic E-state index is 0.0488. The predicted octanol–water partition coefficient (Wildman–Crippen LogP) is 3.19. The standard InChI is InChI=1S/C16H20N2O/c17-15(11-14-5-1-2-9-19-14)12-6-7-16-13(10-12)4-3-8-18-16/h3-4,6-8,10,14-15H,1-2,5,9,11,17H2. The Bertz CT molecular complexity index is 549. The van der Waals surface area contributed by atoms with Crippen LogP contribution >= 0.6 is 0 Å². The fraction of sp³-hybridized carbons (Fsp3) is 0.438. The lowest BCUT2D eigenvalue weighted by Crippen LogP contribution is -2.24. The second-order valence-electron chi connectivity index (χ2n) is 5.29. The van der Waals surface area contributed by atoms with E-state index in [2.05, 4.69) is 23.2 Å². The normalized spacial score (nSPS) is 21.4. The Morgan fingerprint density at radius 2 is 2.26 bits per heavy atom. The summed E-state index contributed by atoms with van der Waals surface area (Å²) in [7, 11) is 0.